The van der Waals surface area contributed by atoms with Crippen LogP contribution in [-0.2, 0) is 6.54 Å². The molecule has 0 atom stereocenters. The lowest BCUT2D eigenvalue weighted by Gasteiger charge is -2.05. The molecule has 0 spiro atoms. The topological polar surface area (TPSA) is 68.5 Å². The summed E-state index contributed by atoms with van der Waals surface area (Å²) in [6, 6.07) is 0. The number of nitrogens with zero attached hydrogens (tertiary/aromatic N) is 5. The molecule has 0 bridgehead atoms. The molecule has 0 saturated heterocycles. The van der Waals surface area contributed by atoms with E-state index in [1.807, 2.05) is 6.20 Å². The first-order valence-electron chi connectivity index (χ1n) is 4.40. The van der Waals surface area contributed by atoms with E-state index in [-0.39, 0.29) is 0 Å². The van der Waals surface area contributed by atoms with Crippen LogP contribution in [0.3, 0.4) is 0 Å². The van der Waals surface area contributed by atoms with Crippen molar-refractivity contribution in [1.82, 2.24) is 25.0 Å². The maximum absolute atomic E-state index is 4.12. The van der Waals surface area contributed by atoms with Crippen molar-refractivity contribution in [3.05, 3.63) is 28.5 Å². The molecule has 0 aromatic carbocycles. The van der Waals surface area contributed by atoms with Gasteiger partial charge in [-0.25, -0.2) is 9.97 Å². The van der Waals surface area contributed by atoms with E-state index in [1.54, 1.807) is 17.1 Å². The molecule has 7 heteroatoms. The average Bonchev–Trinajstić information content (AvgIpc) is 2.74. The molecule has 0 unspecified atom stereocenters. The van der Waals surface area contributed by atoms with Gasteiger partial charge in [-0.2, -0.15) is 0 Å². The molecular weight excluding hydrogens is 307 g/mol. The number of rotatable bonds is 4. The molecule has 1 N–H and O–H groups in total. The monoisotopic (exact) mass is 316 g/mol. The summed E-state index contributed by atoms with van der Waals surface area (Å²) < 4.78 is 2.77. The van der Waals surface area contributed by atoms with Gasteiger partial charge in [0.1, 0.15) is 12.1 Å². The lowest BCUT2D eigenvalue weighted by molar-refractivity contribution is 0.608. The van der Waals surface area contributed by atoms with Crippen molar-refractivity contribution in [3.63, 3.8) is 0 Å². The summed E-state index contributed by atoms with van der Waals surface area (Å²) in [6.07, 6.45) is 6.78. The first kappa shape index (κ1) is 10.3. The van der Waals surface area contributed by atoms with E-state index in [2.05, 4.69) is 48.2 Å². The van der Waals surface area contributed by atoms with Gasteiger partial charge >= 0.3 is 0 Å². The van der Waals surface area contributed by atoms with Crippen LogP contribution in [0.5, 0.6) is 0 Å². The SMILES string of the molecule is Ic1cncnc1NCCn1ccnn1. The Morgan fingerprint density at radius 1 is 1.47 bits per heavy atom. The number of hydrogen-bond acceptors (Lipinski definition) is 5. The quantitative estimate of drug-likeness (QED) is 0.845. The van der Waals surface area contributed by atoms with Gasteiger partial charge in [0.05, 0.1) is 16.3 Å². The average molecular weight is 316 g/mol. The molecule has 78 valence electrons. The van der Waals surface area contributed by atoms with Gasteiger partial charge in [-0.15, -0.1) is 5.10 Å². The molecule has 0 aliphatic heterocycles. The van der Waals surface area contributed by atoms with E-state index in [1.165, 1.54) is 6.33 Å². The van der Waals surface area contributed by atoms with Crippen molar-refractivity contribution in [2.24, 2.45) is 0 Å². The van der Waals surface area contributed by atoms with Gasteiger partial charge < -0.3 is 5.32 Å². The van der Waals surface area contributed by atoms with Gasteiger partial charge in [-0.1, -0.05) is 5.21 Å². The Morgan fingerprint density at radius 3 is 3.13 bits per heavy atom. The summed E-state index contributed by atoms with van der Waals surface area (Å²) in [7, 11) is 0. The Kier molecular flexibility index (Phi) is 3.43. The largest absolute Gasteiger partial charge is 0.367 e. The third kappa shape index (κ3) is 2.85. The highest BCUT2D eigenvalue weighted by Gasteiger charge is 1.99. The fourth-order valence-corrected chi connectivity index (χ4v) is 1.57. The van der Waals surface area contributed by atoms with E-state index in [0.717, 1.165) is 22.5 Å². The second-order valence-corrected chi connectivity index (χ2v) is 3.97. The number of anilines is 1. The van der Waals surface area contributed by atoms with Crippen LogP contribution in [0.1, 0.15) is 0 Å². The fraction of sp³-hybridized carbons (Fsp3) is 0.250. The van der Waals surface area contributed by atoms with E-state index in [0.29, 0.717) is 0 Å². The summed E-state index contributed by atoms with van der Waals surface area (Å²) in [5, 5.41) is 10.8. The molecule has 0 radical (unpaired) electrons. The fourth-order valence-electron chi connectivity index (χ4n) is 1.08. The first-order chi connectivity index (χ1) is 7.36. The van der Waals surface area contributed by atoms with E-state index in [9.17, 15) is 0 Å². The second-order valence-electron chi connectivity index (χ2n) is 2.81. The number of hydrogen-bond donors (Lipinski definition) is 1. The molecule has 0 saturated carbocycles. The number of nitrogens with one attached hydrogen (secondary N) is 1. The van der Waals surface area contributed by atoms with Crippen LogP contribution in [0.2, 0.25) is 0 Å². The van der Waals surface area contributed by atoms with Crippen molar-refractivity contribution in [2.45, 2.75) is 6.54 Å². The molecule has 2 aromatic heterocycles. The minimum absolute atomic E-state index is 0.760. The Balaban J connectivity index is 1.86. The summed E-state index contributed by atoms with van der Waals surface area (Å²) in [6.45, 7) is 1.52. The summed E-state index contributed by atoms with van der Waals surface area (Å²) >= 11 is 2.19. The summed E-state index contributed by atoms with van der Waals surface area (Å²) in [5.41, 5.74) is 0. The molecular formula is C8H9IN6. The Labute approximate surface area is 100 Å². The highest BCUT2D eigenvalue weighted by atomic mass is 127. The van der Waals surface area contributed by atoms with Crippen LogP contribution in [0, 0.1) is 3.57 Å². The van der Waals surface area contributed by atoms with Crippen molar-refractivity contribution < 1.29 is 0 Å². The zero-order valence-corrected chi connectivity index (χ0v) is 10.00. The van der Waals surface area contributed by atoms with E-state index >= 15 is 0 Å². The maximum Gasteiger partial charge on any atom is 0.142 e. The highest BCUT2D eigenvalue weighted by Crippen LogP contribution is 2.11. The minimum Gasteiger partial charge on any atom is -0.367 e. The Morgan fingerprint density at radius 2 is 2.40 bits per heavy atom. The van der Waals surface area contributed by atoms with Crippen molar-refractivity contribution in [2.75, 3.05) is 11.9 Å². The van der Waals surface area contributed by atoms with Crippen LogP contribution < -0.4 is 5.32 Å². The Hall–Kier alpha value is -1.25. The lowest BCUT2D eigenvalue weighted by atomic mass is 10.5. The molecule has 2 heterocycles. The highest BCUT2D eigenvalue weighted by molar-refractivity contribution is 14.1. The number of aromatic nitrogens is 5. The van der Waals surface area contributed by atoms with E-state index < -0.39 is 0 Å². The summed E-state index contributed by atoms with van der Waals surface area (Å²) in [5.74, 6) is 0.853. The molecule has 0 aliphatic carbocycles. The minimum atomic E-state index is 0.760. The second kappa shape index (κ2) is 5.01. The van der Waals surface area contributed by atoms with Gasteiger partial charge in [0.15, 0.2) is 0 Å². The van der Waals surface area contributed by atoms with Crippen molar-refractivity contribution >= 4 is 28.4 Å². The molecule has 2 rings (SSSR count). The first-order valence-corrected chi connectivity index (χ1v) is 5.47. The third-order valence-electron chi connectivity index (χ3n) is 1.77. The zero-order chi connectivity index (χ0) is 10.5. The molecule has 6 nitrogen and oxygen atoms in total. The van der Waals surface area contributed by atoms with Gasteiger partial charge in [0, 0.05) is 18.9 Å². The number of halogens is 1. The Bertz CT molecular complexity index is 415. The van der Waals surface area contributed by atoms with Gasteiger partial charge in [-0.3, -0.25) is 4.68 Å². The van der Waals surface area contributed by atoms with Crippen molar-refractivity contribution in [1.29, 1.82) is 0 Å². The predicted molar refractivity (Wildman–Crippen MR) is 63.3 cm³/mol. The molecule has 0 amide bonds. The van der Waals surface area contributed by atoms with Crippen molar-refractivity contribution in [3.8, 4) is 0 Å². The standard InChI is InChI=1S/C8H9IN6/c9-7-5-10-6-12-8(7)11-1-3-15-4-2-13-14-15/h2,4-6H,1,3H2,(H,10,11,12). The smallest absolute Gasteiger partial charge is 0.142 e. The molecule has 0 fully saturated rings. The molecule has 0 aliphatic rings. The summed E-state index contributed by atoms with van der Waals surface area (Å²) in [4.78, 5) is 8.04. The third-order valence-corrected chi connectivity index (χ3v) is 2.56. The molecule has 15 heavy (non-hydrogen) atoms. The zero-order valence-electron chi connectivity index (χ0n) is 7.84. The van der Waals surface area contributed by atoms with E-state index in [4.69, 9.17) is 0 Å². The van der Waals surface area contributed by atoms with Crippen LogP contribution in [0.15, 0.2) is 24.9 Å². The van der Waals surface area contributed by atoms with Gasteiger partial charge in [-0.05, 0) is 22.6 Å². The van der Waals surface area contributed by atoms with Gasteiger partial charge in [0.25, 0.3) is 0 Å². The van der Waals surface area contributed by atoms with Crippen LogP contribution in [-0.4, -0.2) is 31.5 Å². The predicted octanol–water partition coefficient (Wildman–Crippen LogP) is 0.785. The molecule has 2 aromatic rings. The van der Waals surface area contributed by atoms with Crippen LogP contribution >= 0.6 is 22.6 Å². The van der Waals surface area contributed by atoms with Gasteiger partial charge in [0.2, 0.25) is 0 Å². The maximum atomic E-state index is 4.12. The lowest BCUT2D eigenvalue weighted by Crippen LogP contribution is -2.12. The van der Waals surface area contributed by atoms with Crippen LogP contribution in [0.4, 0.5) is 5.82 Å². The normalized spacial score (nSPS) is 10.2. The van der Waals surface area contributed by atoms with Crippen LogP contribution in [0.25, 0.3) is 0 Å².